The molecule has 0 saturated heterocycles. The molecule has 0 N–H and O–H groups in total. The van der Waals surface area contributed by atoms with Crippen LogP contribution in [0.4, 0.5) is 0 Å². The lowest BCUT2D eigenvalue weighted by Gasteiger charge is -2.10. The third-order valence-corrected chi connectivity index (χ3v) is 2.56. The van der Waals surface area contributed by atoms with Crippen molar-refractivity contribution < 1.29 is 0 Å². The van der Waals surface area contributed by atoms with E-state index < -0.39 is 0 Å². The lowest BCUT2D eigenvalue weighted by molar-refractivity contribution is 0.850. The predicted molar refractivity (Wildman–Crippen MR) is 82.0 cm³/mol. The lowest BCUT2D eigenvalue weighted by atomic mass is 9.96. The fourth-order valence-corrected chi connectivity index (χ4v) is 1.59. The zero-order valence-corrected chi connectivity index (χ0v) is 13.2. The van der Waals surface area contributed by atoms with Crippen LogP contribution in [-0.2, 0) is 6.42 Å². The maximum absolute atomic E-state index is 2.36. The molecule has 0 aromatic heterocycles. The van der Waals surface area contributed by atoms with Crippen LogP contribution in [0, 0.1) is 6.92 Å². The van der Waals surface area contributed by atoms with Crippen molar-refractivity contribution in [1.29, 1.82) is 0 Å². The van der Waals surface area contributed by atoms with E-state index in [1.54, 1.807) is 0 Å². The topological polar surface area (TPSA) is 0 Å². The monoisotopic (exact) mass is 236 g/mol. The summed E-state index contributed by atoms with van der Waals surface area (Å²) in [6.45, 7) is 16.9. The Labute approximate surface area is 109 Å². The maximum atomic E-state index is 2.36. The Hall–Kier alpha value is -0.780. The van der Waals surface area contributed by atoms with Crippen LogP contribution >= 0.6 is 0 Å². The first-order chi connectivity index (χ1) is 8.15. The van der Waals surface area contributed by atoms with Crippen LogP contribution in [0.1, 0.15) is 77.5 Å². The van der Waals surface area contributed by atoms with Gasteiger partial charge in [0.05, 0.1) is 0 Å². The third-order valence-electron chi connectivity index (χ3n) is 2.56. The SMILES string of the molecule is CC.CC.CCCc1cc(C(C)C)ccc1C. The Morgan fingerprint density at radius 1 is 1.00 bits per heavy atom. The van der Waals surface area contributed by atoms with Gasteiger partial charge in [-0.05, 0) is 36.0 Å². The highest BCUT2D eigenvalue weighted by atomic mass is 14.1. The minimum absolute atomic E-state index is 0.649. The molecule has 0 heteroatoms. The first-order valence-electron chi connectivity index (χ1n) is 7.24. The summed E-state index contributed by atoms with van der Waals surface area (Å²) in [7, 11) is 0. The highest BCUT2D eigenvalue weighted by Crippen LogP contribution is 2.19. The molecule has 0 heterocycles. The predicted octanol–water partition coefficient (Wildman–Crippen LogP) is 6.12. The normalized spacial score (nSPS) is 9.00. The van der Waals surface area contributed by atoms with Crippen molar-refractivity contribution in [3.05, 3.63) is 34.9 Å². The zero-order chi connectivity index (χ0) is 13.8. The fourth-order valence-electron chi connectivity index (χ4n) is 1.59. The van der Waals surface area contributed by atoms with E-state index >= 15 is 0 Å². The van der Waals surface area contributed by atoms with E-state index in [2.05, 4.69) is 45.9 Å². The van der Waals surface area contributed by atoms with E-state index in [0.29, 0.717) is 5.92 Å². The van der Waals surface area contributed by atoms with Gasteiger partial charge in [-0.15, -0.1) is 0 Å². The van der Waals surface area contributed by atoms with E-state index in [1.165, 1.54) is 29.5 Å². The summed E-state index contributed by atoms with van der Waals surface area (Å²) in [4.78, 5) is 0. The van der Waals surface area contributed by atoms with Gasteiger partial charge in [0.1, 0.15) is 0 Å². The van der Waals surface area contributed by atoms with Crippen molar-refractivity contribution in [3.8, 4) is 0 Å². The maximum Gasteiger partial charge on any atom is -0.0219 e. The largest absolute Gasteiger partial charge is 0.0683 e. The van der Waals surface area contributed by atoms with Gasteiger partial charge in [-0.2, -0.15) is 0 Å². The van der Waals surface area contributed by atoms with Gasteiger partial charge in [0.15, 0.2) is 0 Å². The van der Waals surface area contributed by atoms with Crippen LogP contribution in [0.5, 0.6) is 0 Å². The highest BCUT2D eigenvalue weighted by molar-refractivity contribution is 5.32. The molecule has 0 aliphatic heterocycles. The molecular weight excluding hydrogens is 204 g/mol. The van der Waals surface area contributed by atoms with Gasteiger partial charge in [0.25, 0.3) is 0 Å². The molecule has 0 atom stereocenters. The van der Waals surface area contributed by atoms with Gasteiger partial charge < -0.3 is 0 Å². The van der Waals surface area contributed by atoms with Crippen molar-refractivity contribution >= 4 is 0 Å². The van der Waals surface area contributed by atoms with Gasteiger partial charge in [-0.1, -0.05) is 73.1 Å². The summed E-state index contributed by atoms with van der Waals surface area (Å²) < 4.78 is 0. The van der Waals surface area contributed by atoms with Gasteiger partial charge in [-0.25, -0.2) is 0 Å². The molecule has 0 bridgehead atoms. The quantitative estimate of drug-likeness (QED) is 0.592. The molecule has 1 rings (SSSR count). The number of hydrogen-bond donors (Lipinski definition) is 0. The molecule has 0 aliphatic carbocycles. The summed E-state index contributed by atoms with van der Waals surface area (Å²) in [6.07, 6.45) is 2.45. The summed E-state index contributed by atoms with van der Waals surface area (Å²) in [5.41, 5.74) is 4.43. The average molecular weight is 236 g/mol. The number of rotatable bonds is 3. The van der Waals surface area contributed by atoms with Crippen molar-refractivity contribution in [2.45, 2.75) is 74.1 Å². The second-order valence-corrected chi connectivity index (χ2v) is 4.09. The second-order valence-electron chi connectivity index (χ2n) is 4.09. The zero-order valence-electron chi connectivity index (χ0n) is 13.2. The van der Waals surface area contributed by atoms with Crippen molar-refractivity contribution in [3.63, 3.8) is 0 Å². The van der Waals surface area contributed by atoms with Gasteiger partial charge >= 0.3 is 0 Å². The van der Waals surface area contributed by atoms with E-state index in [-0.39, 0.29) is 0 Å². The summed E-state index contributed by atoms with van der Waals surface area (Å²) in [5, 5.41) is 0. The minimum atomic E-state index is 0.649. The summed E-state index contributed by atoms with van der Waals surface area (Å²) in [6, 6.07) is 6.86. The first kappa shape index (κ1) is 18.6. The molecule has 17 heavy (non-hydrogen) atoms. The summed E-state index contributed by atoms with van der Waals surface area (Å²) in [5.74, 6) is 0.649. The highest BCUT2D eigenvalue weighted by Gasteiger charge is 2.02. The number of benzene rings is 1. The molecule has 0 nitrogen and oxygen atoms in total. The Kier molecular flexibility index (Phi) is 12.8. The Morgan fingerprint density at radius 3 is 1.94 bits per heavy atom. The molecule has 100 valence electrons. The molecule has 1 aromatic carbocycles. The average Bonchev–Trinajstić information content (AvgIpc) is 2.37. The Morgan fingerprint density at radius 2 is 1.53 bits per heavy atom. The van der Waals surface area contributed by atoms with Crippen LogP contribution in [0.3, 0.4) is 0 Å². The summed E-state index contributed by atoms with van der Waals surface area (Å²) >= 11 is 0. The van der Waals surface area contributed by atoms with Crippen LogP contribution < -0.4 is 0 Å². The standard InChI is InChI=1S/C13H20.2C2H6/c1-5-6-13-9-12(10(2)3)8-7-11(13)4;2*1-2/h7-10H,5-6H2,1-4H3;2*1-2H3. The van der Waals surface area contributed by atoms with E-state index in [4.69, 9.17) is 0 Å². The van der Waals surface area contributed by atoms with Crippen LogP contribution in [0.2, 0.25) is 0 Å². The lowest BCUT2D eigenvalue weighted by Crippen LogP contribution is -1.93. The van der Waals surface area contributed by atoms with Crippen molar-refractivity contribution in [1.82, 2.24) is 0 Å². The van der Waals surface area contributed by atoms with Gasteiger partial charge in [0.2, 0.25) is 0 Å². The molecule has 0 radical (unpaired) electrons. The smallest absolute Gasteiger partial charge is 0.0219 e. The fraction of sp³-hybridized carbons (Fsp3) is 0.647. The molecule has 0 unspecified atom stereocenters. The molecule has 0 spiro atoms. The second kappa shape index (κ2) is 11.7. The third kappa shape index (κ3) is 7.20. The van der Waals surface area contributed by atoms with E-state index in [0.717, 1.165) is 0 Å². The molecule has 0 fully saturated rings. The number of hydrogen-bond acceptors (Lipinski definition) is 0. The van der Waals surface area contributed by atoms with E-state index in [9.17, 15) is 0 Å². The molecular formula is C17H32. The minimum Gasteiger partial charge on any atom is -0.0683 e. The molecule has 0 amide bonds. The first-order valence-corrected chi connectivity index (χ1v) is 7.24. The molecule has 0 saturated carbocycles. The number of aryl methyl sites for hydroxylation is 2. The van der Waals surface area contributed by atoms with Crippen LogP contribution in [0.15, 0.2) is 18.2 Å². The van der Waals surface area contributed by atoms with Crippen LogP contribution in [-0.4, -0.2) is 0 Å². The van der Waals surface area contributed by atoms with Crippen molar-refractivity contribution in [2.24, 2.45) is 0 Å². The molecule has 0 aliphatic rings. The van der Waals surface area contributed by atoms with Crippen molar-refractivity contribution in [2.75, 3.05) is 0 Å². The Bertz CT molecular complexity index is 271. The Balaban J connectivity index is 0. The van der Waals surface area contributed by atoms with E-state index in [1.807, 2.05) is 27.7 Å². The van der Waals surface area contributed by atoms with Gasteiger partial charge in [-0.3, -0.25) is 0 Å². The molecule has 1 aromatic rings. The van der Waals surface area contributed by atoms with Crippen LogP contribution in [0.25, 0.3) is 0 Å². The van der Waals surface area contributed by atoms with Gasteiger partial charge in [0, 0.05) is 0 Å².